The minimum atomic E-state index is -0.518. The Morgan fingerprint density at radius 1 is 1.13 bits per heavy atom. The molecule has 0 saturated heterocycles. The van der Waals surface area contributed by atoms with Crippen molar-refractivity contribution in [2.24, 2.45) is 5.92 Å². The smallest absolute Gasteiger partial charge is 0.338 e. The number of para-hydroxylation sites is 1. The van der Waals surface area contributed by atoms with Crippen LogP contribution in [-0.4, -0.2) is 34.1 Å². The quantitative estimate of drug-likeness (QED) is 0.646. The number of imidazole rings is 1. The lowest BCUT2D eigenvalue weighted by Crippen LogP contribution is -2.42. The van der Waals surface area contributed by atoms with Gasteiger partial charge in [-0.3, -0.25) is 9.36 Å². The number of fused-ring (bicyclic) bond motifs is 1. The van der Waals surface area contributed by atoms with Crippen LogP contribution in [0.4, 0.5) is 0 Å². The molecule has 1 fully saturated rings. The predicted octanol–water partition coefficient (Wildman–Crippen LogP) is 4.19. The normalized spacial score (nSPS) is 18.9. The molecule has 4 rings (SSSR count). The molecule has 1 aliphatic carbocycles. The lowest BCUT2D eigenvalue weighted by atomic mass is 9.86. The summed E-state index contributed by atoms with van der Waals surface area (Å²) in [5, 5.41) is 3.00. The van der Waals surface area contributed by atoms with Crippen molar-refractivity contribution in [3.63, 3.8) is 0 Å². The van der Waals surface area contributed by atoms with Gasteiger partial charge in [-0.15, -0.1) is 0 Å². The van der Waals surface area contributed by atoms with Gasteiger partial charge in [0.1, 0.15) is 5.82 Å². The summed E-state index contributed by atoms with van der Waals surface area (Å²) in [5.74, 6) is 0.537. The summed E-state index contributed by atoms with van der Waals surface area (Å²) in [5.41, 5.74) is 3.03. The zero-order chi connectivity index (χ0) is 21.1. The van der Waals surface area contributed by atoms with Gasteiger partial charge in [0.05, 0.1) is 16.6 Å². The fourth-order valence-corrected chi connectivity index (χ4v) is 4.22. The van der Waals surface area contributed by atoms with E-state index in [1.165, 1.54) is 6.42 Å². The molecule has 0 bridgehead atoms. The van der Waals surface area contributed by atoms with Gasteiger partial charge in [0.2, 0.25) is 0 Å². The Hall–Kier alpha value is -3.15. The summed E-state index contributed by atoms with van der Waals surface area (Å²) in [7, 11) is 0. The number of carbonyl (C=O) groups is 2. The molecule has 1 aromatic heterocycles. The molecule has 0 spiro atoms. The molecule has 30 heavy (non-hydrogen) atoms. The van der Waals surface area contributed by atoms with E-state index in [1.807, 2.05) is 47.9 Å². The number of hydrogen-bond donors (Lipinski definition) is 1. The molecule has 1 amide bonds. The number of nitrogens with zero attached hydrogens (tertiary/aromatic N) is 2. The van der Waals surface area contributed by atoms with Crippen LogP contribution in [0.2, 0.25) is 0 Å². The molecule has 3 aromatic rings. The van der Waals surface area contributed by atoms with E-state index in [0.29, 0.717) is 17.0 Å². The highest BCUT2D eigenvalue weighted by atomic mass is 16.5. The van der Waals surface area contributed by atoms with E-state index in [0.717, 1.165) is 36.3 Å². The molecule has 0 radical (unpaired) electrons. The summed E-state index contributed by atoms with van der Waals surface area (Å²) in [4.78, 5) is 29.3. The number of carbonyl (C=O) groups excluding carboxylic acids is 2. The highest BCUT2D eigenvalue weighted by Crippen LogP contribution is 2.24. The van der Waals surface area contributed by atoms with Gasteiger partial charge in [-0.2, -0.15) is 0 Å². The Bertz CT molecular complexity index is 1060. The first kappa shape index (κ1) is 20.1. The van der Waals surface area contributed by atoms with Gasteiger partial charge in [0.15, 0.2) is 6.61 Å². The number of rotatable bonds is 5. The minimum Gasteiger partial charge on any atom is -0.452 e. The van der Waals surface area contributed by atoms with Crippen LogP contribution in [0.5, 0.6) is 0 Å². The van der Waals surface area contributed by atoms with E-state index < -0.39 is 5.97 Å². The molecule has 1 heterocycles. The molecule has 0 aliphatic heterocycles. The molecule has 1 N–H and O–H groups in total. The summed E-state index contributed by atoms with van der Waals surface area (Å²) in [6, 6.07) is 15.4. The monoisotopic (exact) mass is 405 g/mol. The molecule has 2 atom stereocenters. The maximum absolute atomic E-state index is 12.5. The third-order valence-corrected chi connectivity index (χ3v) is 5.86. The van der Waals surface area contributed by atoms with E-state index >= 15 is 0 Å². The minimum absolute atomic E-state index is 0.172. The van der Waals surface area contributed by atoms with Crippen LogP contribution in [0.1, 0.15) is 48.8 Å². The third-order valence-electron chi connectivity index (χ3n) is 5.86. The largest absolute Gasteiger partial charge is 0.452 e. The second-order valence-corrected chi connectivity index (χ2v) is 8.05. The summed E-state index contributed by atoms with van der Waals surface area (Å²) < 4.78 is 7.30. The van der Waals surface area contributed by atoms with Gasteiger partial charge >= 0.3 is 5.97 Å². The van der Waals surface area contributed by atoms with Gasteiger partial charge in [-0.1, -0.05) is 38.0 Å². The molecule has 6 nitrogen and oxygen atoms in total. The van der Waals surface area contributed by atoms with E-state index in [2.05, 4.69) is 17.2 Å². The van der Waals surface area contributed by atoms with Crippen molar-refractivity contribution in [1.82, 2.24) is 14.9 Å². The third kappa shape index (κ3) is 4.22. The standard InChI is InChI=1S/C24H27N3O3/c1-16-8-6-7-11-20(16)26-23(28)15-30-24(29)18-12-13-22-21(14-18)25-17(2)27(22)19-9-4-3-5-10-19/h3-5,9-10,12-14,16,20H,6-8,11,15H2,1-2H3,(H,26,28)/t16-,20-/m0/s1. The van der Waals surface area contributed by atoms with Crippen molar-refractivity contribution in [2.75, 3.05) is 6.61 Å². The highest BCUT2D eigenvalue weighted by molar-refractivity contribution is 5.95. The van der Waals surface area contributed by atoms with E-state index in [1.54, 1.807) is 12.1 Å². The first-order chi connectivity index (χ1) is 14.5. The lowest BCUT2D eigenvalue weighted by Gasteiger charge is -2.29. The zero-order valence-electron chi connectivity index (χ0n) is 17.4. The Balaban J connectivity index is 1.43. The molecule has 2 aromatic carbocycles. The topological polar surface area (TPSA) is 73.2 Å². The van der Waals surface area contributed by atoms with Crippen LogP contribution in [0, 0.1) is 12.8 Å². The number of aromatic nitrogens is 2. The molecular weight excluding hydrogens is 378 g/mol. The predicted molar refractivity (Wildman–Crippen MR) is 116 cm³/mol. The van der Waals surface area contributed by atoms with Gasteiger partial charge in [-0.05, 0) is 56.0 Å². The molecule has 156 valence electrons. The maximum Gasteiger partial charge on any atom is 0.338 e. The van der Waals surface area contributed by atoms with E-state index in [-0.39, 0.29) is 18.6 Å². The maximum atomic E-state index is 12.5. The fourth-order valence-electron chi connectivity index (χ4n) is 4.22. The Morgan fingerprint density at radius 2 is 1.90 bits per heavy atom. The fraction of sp³-hybridized carbons (Fsp3) is 0.375. The zero-order valence-corrected chi connectivity index (χ0v) is 17.4. The first-order valence-electron chi connectivity index (χ1n) is 10.5. The van der Waals surface area contributed by atoms with Crippen LogP contribution < -0.4 is 5.32 Å². The van der Waals surface area contributed by atoms with Gasteiger partial charge in [0, 0.05) is 11.7 Å². The number of amides is 1. The van der Waals surface area contributed by atoms with Crippen molar-refractivity contribution in [3.05, 3.63) is 59.9 Å². The molecular formula is C24H27N3O3. The Kier molecular flexibility index (Phi) is 5.84. The van der Waals surface area contributed by atoms with Crippen molar-refractivity contribution in [3.8, 4) is 5.69 Å². The van der Waals surface area contributed by atoms with Crippen LogP contribution in [0.25, 0.3) is 16.7 Å². The first-order valence-corrected chi connectivity index (χ1v) is 10.5. The van der Waals surface area contributed by atoms with Crippen molar-refractivity contribution >= 4 is 22.9 Å². The molecule has 1 saturated carbocycles. The molecule has 0 unspecified atom stereocenters. The number of aryl methyl sites for hydroxylation is 1. The van der Waals surface area contributed by atoms with E-state index in [4.69, 9.17) is 4.74 Å². The van der Waals surface area contributed by atoms with Crippen LogP contribution in [0.15, 0.2) is 48.5 Å². The average molecular weight is 405 g/mol. The van der Waals surface area contributed by atoms with E-state index in [9.17, 15) is 9.59 Å². The summed E-state index contributed by atoms with van der Waals surface area (Å²) in [6.45, 7) is 3.82. The van der Waals surface area contributed by atoms with Crippen LogP contribution in [-0.2, 0) is 9.53 Å². The SMILES string of the molecule is Cc1nc2cc(C(=O)OCC(=O)N[C@H]3CCCC[C@@H]3C)ccc2n1-c1ccccc1. The number of hydrogen-bond acceptors (Lipinski definition) is 4. The number of benzene rings is 2. The second kappa shape index (κ2) is 8.69. The Morgan fingerprint density at radius 3 is 2.67 bits per heavy atom. The average Bonchev–Trinajstić information content (AvgIpc) is 3.09. The number of nitrogens with one attached hydrogen (secondary N) is 1. The lowest BCUT2D eigenvalue weighted by molar-refractivity contribution is -0.125. The molecule has 6 heteroatoms. The van der Waals surface area contributed by atoms with Gasteiger partial charge in [0.25, 0.3) is 5.91 Å². The number of ether oxygens (including phenoxy) is 1. The summed E-state index contributed by atoms with van der Waals surface area (Å²) in [6.07, 6.45) is 4.45. The number of esters is 1. The second-order valence-electron chi connectivity index (χ2n) is 8.05. The van der Waals surface area contributed by atoms with Crippen LogP contribution in [0.3, 0.4) is 0 Å². The van der Waals surface area contributed by atoms with Crippen molar-refractivity contribution < 1.29 is 14.3 Å². The van der Waals surface area contributed by atoms with Gasteiger partial charge < -0.3 is 10.1 Å². The van der Waals surface area contributed by atoms with Gasteiger partial charge in [-0.25, -0.2) is 9.78 Å². The Labute approximate surface area is 176 Å². The summed E-state index contributed by atoms with van der Waals surface area (Å²) >= 11 is 0. The van der Waals surface area contributed by atoms with Crippen molar-refractivity contribution in [1.29, 1.82) is 0 Å². The van der Waals surface area contributed by atoms with Crippen LogP contribution >= 0.6 is 0 Å². The van der Waals surface area contributed by atoms with Crippen molar-refractivity contribution in [2.45, 2.75) is 45.6 Å². The highest BCUT2D eigenvalue weighted by Gasteiger charge is 2.23. The molecule has 1 aliphatic rings.